The van der Waals surface area contributed by atoms with Gasteiger partial charge in [0, 0.05) is 33.0 Å². The van der Waals surface area contributed by atoms with Gasteiger partial charge >= 0.3 is 18.0 Å². The van der Waals surface area contributed by atoms with E-state index in [1.807, 2.05) is 42.3 Å². The fourth-order valence-corrected chi connectivity index (χ4v) is 1.55. The van der Waals surface area contributed by atoms with Crippen molar-refractivity contribution in [2.45, 2.75) is 6.54 Å². The lowest BCUT2D eigenvalue weighted by atomic mass is 10.2. The van der Waals surface area contributed by atoms with Gasteiger partial charge < -0.3 is 30.2 Å². The van der Waals surface area contributed by atoms with Crippen LogP contribution in [0.5, 0.6) is 5.75 Å². The fraction of sp³-hybridized carbons (Fsp3) is 0.222. The zero-order valence-corrected chi connectivity index (χ0v) is 15.7. The fourth-order valence-electron chi connectivity index (χ4n) is 1.55. The van der Waals surface area contributed by atoms with Crippen molar-refractivity contribution in [1.82, 2.24) is 9.88 Å². The van der Waals surface area contributed by atoms with Crippen molar-refractivity contribution in [1.29, 1.82) is 0 Å². The van der Waals surface area contributed by atoms with Crippen molar-refractivity contribution < 1.29 is 34.8 Å². The molecule has 0 bridgehead atoms. The maximum atomic E-state index is 9.62. The Morgan fingerprint density at radius 3 is 1.79 bits per heavy atom. The van der Waals surface area contributed by atoms with E-state index >= 15 is 0 Å². The van der Waals surface area contributed by atoms with Gasteiger partial charge in [-0.2, -0.15) is 0 Å². The molecule has 0 aliphatic carbocycles. The summed E-state index contributed by atoms with van der Waals surface area (Å²) in [6.07, 6.45) is 0.781. The van der Waals surface area contributed by atoms with E-state index in [1.165, 1.54) is 14.1 Å². The molecule has 10 nitrogen and oxygen atoms in total. The van der Waals surface area contributed by atoms with Gasteiger partial charge in [-0.15, -0.1) is 0 Å². The summed E-state index contributed by atoms with van der Waals surface area (Å²) < 4.78 is 0. The van der Waals surface area contributed by atoms with Crippen LogP contribution in [-0.4, -0.2) is 69.5 Å². The predicted molar refractivity (Wildman–Crippen MR) is 101 cm³/mol. The molecule has 2 aromatic rings. The number of carboxylic acid groups (broad SMARTS) is 3. The first kappa shape index (κ1) is 24.2. The van der Waals surface area contributed by atoms with E-state index in [1.54, 1.807) is 18.3 Å². The summed E-state index contributed by atoms with van der Waals surface area (Å²) in [6.45, 7) is 0.594. The van der Waals surface area contributed by atoms with Crippen molar-refractivity contribution in [2.75, 3.05) is 26.0 Å². The number of carboxylic acids is 2. The topological polar surface area (TPSA) is 152 Å². The molecule has 1 aromatic carbocycles. The van der Waals surface area contributed by atoms with Crippen molar-refractivity contribution in [2.24, 2.45) is 0 Å². The second-order valence-electron chi connectivity index (χ2n) is 5.45. The number of rotatable bonds is 3. The molecule has 0 spiro atoms. The SMILES string of the molecule is CN(C)C(=O)O.CN(Cc1ncccc1O)c1ccccc1.O=C(O)C(=O)O. The molecule has 1 aromatic heterocycles. The van der Waals surface area contributed by atoms with Gasteiger partial charge in [0.25, 0.3) is 0 Å². The van der Waals surface area contributed by atoms with E-state index in [4.69, 9.17) is 24.9 Å². The van der Waals surface area contributed by atoms with Crippen LogP contribution in [0.25, 0.3) is 0 Å². The van der Waals surface area contributed by atoms with Gasteiger partial charge in [0.2, 0.25) is 0 Å². The van der Waals surface area contributed by atoms with E-state index in [0.717, 1.165) is 10.6 Å². The molecule has 4 N–H and O–H groups in total. The van der Waals surface area contributed by atoms with Crippen LogP contribution in [0.1, 0.15) is 5.69 Å². The lowest BCUT2D eigenvalue weighted by Gasteiger charge is -2.18. The number of amides is 1. The van der Waals surface area contributed by atoms with Crippen LogP contribution in [0.15, 0.2) is 48.7 Å². The number of aliphatic carboxylic acids is 2. The van der Waals surface area contributed by atoms with Crippen LogP contribution >= 0.6 is 0 Å². The minimum atomic E-state index is -1.82. The van der Waals surface area contributed by atoms with Crippen molar-refractivity contribution in [3.63, 3.8) is 0 Å². The number of hydrogen-bond acceptors (Lipinski definition) is 6. The van der Waals surface area contributed by atoms with Gasteiger partial charge in [-0.1, -0.05) is 18.2 Å². The van der Waals surface area contributed by atoms with E-state index < -0.39 is 18.0 Å². The molecule has 1 amide bonds. The molecule has 0 saturated carbocycles. The molecule has 0 aliphatic rings. The minimum absolute atomic E-state index is 0.241. The zero-order chi connectivity index (χ0) is 21.7. The molecule has 0 atom stereocenters. The van der Waals surface area contributed by atoms with Gasteiger partial charge in [0.1, 0.15) is 11.4 Å². The Morgan fingerprint density at radius 1 is 0.893 bits per heavy atom. The number of benzene rings is 1. The Hall–Kier alpha value is -3.82. The molecule has 0 radical (unpaired) electrons. The summed E-state index contributed by atoms with van der Waals surface area (Å²) in [4.78, 5) is 35.1. The quantitative estimate of drug-likeness (QED) is 0.572. The highest BCUT2D eigenvalue weighted by Crippen LogP contribution is 2.18. The Balaban J connectivity index is 0.000000505. The van der Waals surface area contributed by atoms with E-state index in [0.29, 0.717) is 12.2 Å². The maximum Gasteiger partial charge on any atom is 0.414 e. The summed E-state index contributed by atoms with van der Waals surface area (Å²) in [5, 5.41) is 32.3. The van der Waals surface area contributed by atoms with E-state index in [-0.39, 0.29) is 5.75 Å². The summed E-state index contributed by atoms with van der Waals surface area (Å²) in [6, 6.07) is 13.4. The monoisotopic (exact) mass is 393 g/mol. The Labute approximate surface area is 161 Å². The maximum absolute atomic E-state index is 9.62. The standard InChI is InChI=1S/C13H14N2O.C3H7NO2.C2H2O4/c1-15(11-6-3-2-4-7-11)10-12-13(16)8-5-9-14-12;1-4(2)3(5)6;3-1(4)2(5)6/h2-9,16H,10H2,1H3;1-2H3,(H,5,6);(H,3,4)(H,5,6). The lowest BCUT2D eigenvalue weighted by molar-refractivity contribution is -0.159. The smallest absolute Gasteiger partial charge is 0.414 e. The van der Waals surface area contributed by atoms with Crippen LogP contribution in [0, 0.1) is 0 Å². The number of para-hydroxylation sites is 1. The highest BCUT2D eigenvalue weighted by molar-refractivity contribution is 6.27. The highest BCUT2D eigenvalue weighted by atomic mass is 16.4. The summed E-state index contributed by atoms with van der Waals surface area (Å²) >= 11 is 0. The molecule has 0 fully saturated rings. The predicted octanol–water partition coefficient (Wildman–Crippen LogP) is 1.81. The van der Waals surface area contributed by atoms with Crippen molar-refractivity contribution in [3.8, 4) is 5.75 Å². The molecule has 152 valence electrons. The van der Waals surface area contributed by atoms with Gasteiger partial charge in [0.15, 0.2) is 0 Å². The van der Waals surface area contributed by atoms with Crippen LogP contribution < -0.4 is 4.90 Å². The zero-order valence-electron chi connectivity index (χ0n) is 15.7. The molecular weight excluding hydrogens is 370 g/mol. The van der Waals surface area contributed by atoms with Crippen LogP contribution in [0.2, 0.25) is 0 Å². The number of aromatic hydroxyl groups is 1. The number of hydrogen-bond donors (Lipinski definition) is 4. The summed E-state index contributed by atoms with van der Waals surface area (Å²) in [5.41, 5.74) is 1.79. The van der Waals surface area contributed by atoms with Crippen molar-refractivity contribution >= 4 is 23.7 Å². The molecule has 2 rings (SSSR count). The molecule has 0 aliphatic heterocycles. The second-order valence-corrected chi connectivity index (χ2v) is 5.45. The molecule has 28 heavy (non-hydrogen) atoms. The van der Waals surface area contributed by atoms with E-state index in [9.17, 15) is 9.90 Å². The molecular formula is C18H23N3O7. The number of pyridine rings is 1. The number of nitrogens with zero attached hydrogens (tertiary/aromatic N) is 3. The van der Waals surface area contributed by atoms with E-state index in [2.05, 4.69) is 4.98 Å². The molecule has 10 heteroatoms. The Morgan fingerprint density at radius 2 is 1.39 bits per heavy atom. The minimum Gasteiger partial charge on any atom is -0.506 e. The van der Waals surface area contributed by atoms with Crippen LogP contribution in [-0.2, 0) is 16.1 Å². The third-order valence-electron chi connectivity index (χ3n) is 3.02. The van der Waals surface area contributed by atoms with Crippen LogP contribution in [0.4, 0.5) is 10.5 Å². The van der Waals surface area contributed by atoms with Crippen LogP contribution in [0.3, 0.4) is 0 Å². The third kappa shape index (κ3) is 10.2. The Bertz CT molecular complexity index is 755. The molecule has 0 saturated heterocycles. The normalized spacial score (nSPS) is 8.96. The number of carbonyl (C=O) groups is 3. The largest absolute Gasteiger partial charge is 0.506 e. The summed E-state index contributed by atoms with van der Waals surface area (Å²) in [5.74, 6) is -3.41. The van der Waals surface area contributed by atoms with Gasteiger partial charge in [-0.25, -0.2) is 14.4 Å². The van der Waals surface area contributed by atoms with Crippen molar-refractivity contribution in [3.05, 3.63) is 54.4 Å². The molecule has 0 unspecified atom stereocenters. The first-order valence-corrected chi connectivity index (χ1v) is 7.81. The lowest BCUT2D eigenvalue weighted by Crippen LogP contribution is -2.18. The first-order valence-electron chi connectivity index (χ1n) is 7.81. The van der Waals surface area contributed by atoms with Gasteiger partial charge in [0.05, 0.1) is 6.54 Å². The first-order chi connectivity index (χ1) is 13.1. The summed E-state index contributed by atoms with van der Waals surface area (Å²) in [7, 11) is 4.92. The number of aromatic nitrogens is 1. The number of anilines is 1. The van der Waals surface area contributed by atoms with Gasteiger partial charge in [-0.05, 0) is 24.3 Å². The average molecular weight is 393 g/mol. The highest BCUT2D eigenvalue weighted by Gasteiger charge is 2.06. The average Bonchev–Trinajstić information content (AvgIpc) is 2.65. The third-order valence-corrected chi connectivity index (χ3v) is 3.02. The molecule has 1 heterocycles. The second kappa shape index (κ2) is 12.5. The van der Waals surface area contributed by atoms with Gasteiger partial charge in [-0.3, -0.25) is 4.98 Å². The Kier molecular flexibility index (Phi) is 10.8.